The van der Waals surface area contributed by atoms with E-state index in [4.69, 9.17) is 0 Å². The smallest absolute Gasteiger partial charge is 0.358 e. The number of hydrogen-bond acceptors (Lipinski definition) is 0. The first kappa shape index (κ1) is 42.9. The predicted octanol–water partition coefficient (Wildman–Crippen LogP) is 7.80. The predicted molar refractivity (Wildman–Crippen MR) is 103 cm³/mol. The molecule has 0 N–H and O–H groups in total. The summed E-state index contributed by atoms with van der Waals surface area (Å²) in [6.07, 6.45) is 14.0. The van der Waals surface area contributed by atoms with E-state index in [0.29, 0.717) is 0 Å². The molecule has 1 heteroatoms. The van der Waals surface area contributed by atoms with Crippen molar-refractivity contribution in [2.45, 2.75) is 67.2 Å². The summed E-state index contributed by atoms with van der Waals surface area (Å²) in [6.45, 7) is 13.0. The molecular formula is C20H44Ru. The normalized spacial score (nSPS) is 12.6. The number of hydrogen-bond donors (Lipinski definition) is 0. The maximum absolute atomic E-state index is 2.27. The van der Waals surface area contributed by atoms with E-state index in [2.05, 4.69) is 65.8 Å². The Kier molecular flexibility index (Phi) is 75.3. The van der Waals surface area contributed by atoms with Crippen molar-refractivity contribution in [3.05, 3.63) is 54.0 Å². The number of allylic oxidation sites excluding steroid dienone is 4. The van der Waals surface area contributed by atoms with Gasteiger partial charge in [-0.15, -0.1) is 0 Å². The van der Waals surface area contributed by atoms with Crippen LogP contribution in [0.1, 0.15) is 67.2 Å². The minimum atomic E-state index is 0. The van der Waals surface area contributed by atoms with E-state index in [9.17, 15) is 0 Å². The second-order valence-electron chi connectivity index (χ2n) is 5.56. The second-order valence-corrected chi connectivity index (χ2v) is 5.56. The molecule has 0 aromatic rings. The third-order valence-electron chi connectivity index (χ3n) is 1.33. The van der Waals surface area contributed by atoms with Gasteiger partial charge in [-0.25, -0.2) is 0 Å². The van der Waals surface area contributed by atoms with Gasteiger partial charge >= 0.3 is 19.5 Å². The van der Waals surface area contributed by atoms with Crippen LogP contribution in [0.4, 0.5) is 0 Å². The van der Waals surface area contributed by atoms with E-state index in [1.54, 1.807) is 0 Å². The van der Waals surface area contributed by atoms with Gasteiger partial charge in [0.1, 0.15) is 0 Å². The zero-order valence-corrected chi connectivity index (χ0v) is 18.4. The van der Waals surface area contributed by atoms with Gasteiger partial charge in [-0.1, -0.05) is 65.8 Å². The maximum Gasteiger partial charge on any atom is 4.00 e. The van der Waals surface area contributed by atoms with Gasteiger partial charge in [0.05, 0.1) is 0 Å². The van der Waals surface area contributed by atoms with Crippen LogP contribution in [0.5, 0.6) is 0 Å². The molecule has 1 aliphatic rings. The molecule has 21 heavy (non-hydrogen) atoms. The molecule has 0 saturated carbocycles. The summed E-state index contributed by atoms with van der Waals surface area (Å²) in [5.74, 6) is 1.67. The average Bonchev–Trinajstić information content (AvgIpc) is 1.98. The van der Waals surface area contributed by atoms with E-state index in [0.717, 1.165) is 11.8 Å². The van der Waals surface area contributed by atoms with Crippen molar-refractivity contribution in [1.29, 1.82) is 0 Å². The van der Waals surface area contributed by atoms with Crippen molar-refractivity contribution in [1.82, 2.24) is 0 Å². The van der Waals surface area contributed by atoms with Crippen molar-refractivity contribution in [3.63, 3.8) is 0 Å². The molecule has 0 aromatic heterocycles. The molecule has 0 spiro atoms. The Morgan fingerprint density at radius 3 is 0.667 bits per heavy atom. The van der Waals surface area contributed by atoms with Crippen LogP contribution < -0.4 is 0 Å². The first-order valence-electron chi connectivity index (χ1n) is 6.76. The van der Waals surface area contributed by atoms with Crippen LogP contribution in [-0.4, -0.2) is 0 Å². The number of rotatable bonds is 0. The Balaban J connectivity index is -0.0000000271. The van der Waals surface area contributed by atoms with Gasteiger partial charge in [-0.2, -0.15) is 0 Å². The quantitative estimate of drug-likeness (QED) is 0.227. The summed E-state index contributed by atoms with van der Waals surface area (Å²) in [6, 6.07) is 0. The van der Waals surface area contributed by atoms with Gasteiger partial charge < -0.3 is 29.7 Å². The summed E-state index contributed by atoms with van der Waals surface area (Å²) in [5, 5.41) is 0. The van der Waals surface area contributed by atoms with Crippen LogP contribution in [0.15, 0.2) is 24.3 Å². The van der Waals surface area contributed by atoms with Crippen molar-refractivity contribution in [2.75, 3.05) is 0 Å². The molecule has 0 unspecified atom stereocenters. The van der Waals surface area contributed by atoms with E-state index >= 15 is 0 Å². The SMILES string of the molecule is C1=CCC/C=C\CC1.CC(C)C.CC(C)C.[CH3-].[CH3-].[CH3-].[CH3-].[Ru+4]. The van der Waals surface area contributed by atoms with Crippen molar-refractivity contribution < 1.29 is 19.5 Å². The molecule has 0 aliphatic heterocycles. The van der Waals surface area contributed by atoms with Crippen molar-refractivity contribution in [3.8, 4) is 0 Å². The van der Waals surface area contributed by atoms with Crippen LogP contribution in [0.25, 0.3) is 0 Å². The third-order valence-corrected chi connectivity index (χ3v) is 1.33. The standard InChI is InChI=1S/C8H12.2C4H10.4CH3.Ru/c1-2-4-6-8-7-5-3-1;2*1-4(2)3;;;;;/h1-2,7-8H,3-6H2;2*4H,1-3H3;4*1H3;/q;;;4*-1;+4/b2-1-,8-7?;;;;;;;. The molecule has 0 saturated heterocycles. The zero-order chi connectivity index (χ0) is 12.8. The molecular weight excluding hydrogens is 341 g/mol. The van der Waals surface area contributed by atoms with E-state index in [1.807, 2.05) is 0 Å². The van der Waals surface area contributed by atoms with Crippen LogP contribution in [0.2, 0.25) is 0 Å². The maximum atomic E-state index is 2.27. The minimum Gasteiger partial charge on any atom is -0.358 e. The van der Waals surface area contributed by atoms with E-state index in [-0.39, 0.29) is 49.2 Å². The first-order chi connectivity index (χ1) is 7.46. The molecule has 1 rings (SSSR count). The third kappa shape index (κ3) is 100. The topological polar surface area (TPSA) is 0 Å². The Morgan fingerprint density at radius 2 is 0.571 bits per heavy atom. The largest absolute Gasteiger partial charge is 4.00 e. The summed E-state index contributed by atoms with van der Waals surface area (Å²) < 4.78 is 0. The van der Waals surface area contributed by atoms with Crippen LogP contribution >= 0.6 is 0 Å². The molecule has 1 aliphatic carbocycles. The van der Waals surface area contributed by atoms with Crippen LogP contribution in [-0.2, 0) is 19.5 Å². The average molecular weight is 386 g/mol. The van der Waals surface area contributed by atoms with E-state index in [1.165, 1.54) is 25.7 Å². The van der Waals surface area contributed by atoms with Gasteiger partial charge in [-0.3, -0.25) is 0 Å². The van der Waals surface area contributed by atoms with Crippen molar-refractivity contribution in [2.24, 2.45) is 11.8 Å². The van der Waals surface area contributed by atoms with Crippen molar-refractivity contribution >= 4 is 0 Å². The Bertz CT molecular complexity index is 129. The molecule has 0 nitrogen and oxygen atoms in total. The summed E-state index contributed by atoms with van der Waals surface area (Å²) in [5.41, 5.74) is 0. The molecule has 0 radical (unpaired) electrons. The van der Waals surface area contributed by atoms with Gasteiger partial charge in [0.15, 0.2) is 0 Å². The molecule has 132 valence electrons. The fraction of sp³-hybridized carbons (Fsp3) is 0.600. The summed E-state index contributed by atoms with van der Waals surface area (Å²) in [7, 11) is 0. The zero-order valence-electron chi connectivity index (χ0n) is 16.6. The van der Waals surface area contributed by atoms with Gasteiger partial charge in [0, 0.05) is 0 Å². The summed E-state index contributed by atoms with van der Waals surface area (Å²) >= 11 is 0. The van der Waals surface area contributed by atoms with Gasteiger partial charge in [0.2, 0.25) is 0 Å². The molecule has 0 atom stereocenters. The Labute approximate surface area is 152 Å². The fourth-order valence-corrected chi connectivity index (χ4v) is 0.856. The Morgan fingerprint density at radius 1 is 0.476 bits per heavy atom. The molecule has 0 amide bonds. The second kappa shape index (κ2) is 36.9. The molecule has 0 heterocycles. The monoisotopic (exact) mass is 386 g/mol. The van der Waals surface area contributed by atoms with Gasteiger partial charge in [-0.05, 0) is 37.5 Å². The first-order valence-corrected chi connectivity index (χ1v) is 6.76. The van der Waals surface area contributed by atoms with Crippen LogP contribution in [0, 0.1) is 41.5 Å². The summed E-state index contributed by atoms with van der Waals surface area (Å²) in [4.78, 5) is 0. The fourth-order valence-electron chi connectivity index (χ4n) is 0.856. The minimum absolute atomic E-state index is 0. The molecule has 0 fully saturated rings. The van der Waals surface area contributed by atoms with E-state index < -0.39 is 0 Å². The Hall–Kier alpha value is 0.103. The molecule has 0 bridgehead atoms. The molecule has 0 aromatic carbocycles. The van der Waals surface area contributed by atoms with Gasteiger partial charge in [0.25, 0.3) is 0 Å². The van der Waals surface area contributed by atoms with Crippen LogP contribution in [0.3, 0.4) is 0 Å².